The molecule has 0 heterocycles. The third-order valence-electron chi connectivity index (χ3n) is 3.32. The van der Waals surface area contributed by atoms with Crippen molar-refractivity contribution in [1.82, 2.24) is 5.32 Å². The van der Waals surface area contributed by atoms with Gasteiger partial charge >= 0.3 is 0 Å². The van der Waals surface area contributed by atoms with Crippen LogP contribution < -0.4 is 5.32 Å². The molecule has 0 fully saturated rings. The zero-order chi connectivity index (χ0) is 18.1. The van der Waals surface area contributed by atoms with Gasteiger partial charge in [0, 0.05) is 23.7 Å². The fourth-order valence-corrected chi connectivity index (χ4v) is 2.10. The Hall–Kier alpha value is -3.35. The molecule has 2 rings (SSSR count). The lowest BCUT2D eigenvalue weighted by atomic mass is 10.0. The normalized spacial score (nSPS) is 11.4. The van der Waals surface area contributed by atoms with Gasteiger partial charge in [-0.2, -0.15) is 0 Å². The van der Waals surface area contributed by atoms with Gasteiger partial charge in [0.1, 0.15) is 19.5 Å². The minimum atomic E-state index is -0.369. The number of para-hydroxylation sites is 1. The van der Waals surface area contributed by atoms with Crippen molar-refractivity contribution in [3.05, 3.63) is 65.2 Å². The SMILES string of the molecule is CNC(=O)/C(=N/OC)c1ccccc1CO/N=C\c1ccccc1O. The fourth-order valence-electron chi connectivity index (χ4n) is 2.10. The number of phenolic OH excluding ortho intramolecular Hbond substituents is 1. The molecule has 2 N–H and O–H groups in total. The molecule has 1 amide bonds. The van der Waals surface area contributed by atoms with E-state index in [0.29, 0.717) is 11.1 Å². The van der Waals surface area contributed by atoms with Crippen LogP contribution in [0.2, 0.25) is 0 Å². The molecule has 2 aromatic rings. The molecule has 0 aromatic heterocycles. The van der Waals surface area contributed by atoms with E-state index in [0.717, 1.165) is 5.56 Å². The first-order valence-corrected chi connectivity index (χ1v) is 7.52. The number of rotatable bonds is 7. The molecule has 0 unspecified atom stereocenters. The first kappa shape index (κ1) is 18.0. The molecular weight excluding hydrogens is 322 g/mol. The zero-order valence-corrected chi connectivity index (χ0v) is 14.0. The van der Waals surface area contributed by atoms with E-state index in [1.807, 2.05) is 6.07 Å². The third-order valence-corrected chi connectivity index (χ3v) is 3.32. The van der Waals surface area contributed by atoms with Gasteiger partial charge < -0.3 is 20.1 Å². The second kappa shape index (κ2) is 9.07. The standard InChI is InChI=1S/C18H19N3O4/c1-19-18(23)17(21-24-2)15-9-5-3-8-14(15)12-25-20-11-13-7-4-6-10-16(13)22/h3-11,22H,12H2,1-2H3,(H,19,23)/b20-11-,21-17+. The number of likely N-dealkylation sites (N-methyl/N-ethyl adjacent to an activating group) is 1. The highest BCUT2D eigenvalue weighted by Crippen LogP contribution is 2.14. The number of hydrogen-bond donors (Lipinski definition) is 2. The number of oxime groups is 2. The maximum Gasteiger partial charge on any atom is 0.273 e. The highest BCUT2D eigenvalue weighted by Gasteiger charge is 2.17. The predicted octanol–water partition coefficient (Wildman–Crippen LogP) is 2.04. The van der Waals surface area contributed by atoms with E-state index in [9.17, 15) is 9.90 Å². The first-order chi connectivity index (χ1) is 12.2. The summed E-state index contributed by atoms with van der Waals surface area (Å²) in [7, 11) is 2.89. The summed E-state index contributed by atoms with van der Waals surface area (Å²) in [5, 5.41) is 19.8. The summed E-state index contributed by atoms with van der Waals surface area (Å²) in [6.07, 6.45) is 1.42. The summed E-state index contributed by atoms with van der Waals surface area (Å²) in [6.45, 7) is 0.125. The molecule has 0 aliphatic heterocycles. The van der Waals surface area contributed by atoms with E-state index in [4.69, 9.17) is 9.68 Å². The molecule has 7 heteroatoms. The maximum atomic E-state index is 12.0. The number of hydrogen-bond acceptors (Lipinski definition) is 6. The smallest absolute Gasteiger partial charge is 0.273 e. The summed E-state index contributed by atoms with van der Waals surface area (Å²) < 4.78 is 0. The van der Waals surface area contributed by atoms with Gasteiger partial charge in [-0.05, 0) is 12.1 Å². The van der Waals surface area contributed by atoms with Crippen molar-refractivity contribution in [2.45, 2.75) is 6.61 Å². The molecular formula is C18H19N3O4. The summed E-state index contributed by atoms with van der Waals surface area (Å²) in [6, 6.07) is 13.9. The predicted molar refractivity (Wildman–Crippen MR) is 94.5 cm³/mol. The van der Waals surface area contributed by atoms with Gasteiger partial charge in [0.15, 0.2) is 5.71 Å². The quantitative estimate of drug-likeness (QED) is 0.595. The van der Waals surface area contributed by atoms with Crippen LogP contribution in [0.4, 0.5) is 0 Å². The number of phenols is 1. The van der Waals surface area contributed by atoms with E-state index in [1.54, 1.807) is 42.5 Å². The largest absolute Gasteiger partial charge is 0.507 e. The lowest BCUT2D eigenvalue weighted by Gasteiger charge is -2.09. The Morgan fingerprint density at radius 3 is 2.64 bits per heavy atom. The van der Waals surface area contributed by atoms with Crippen molar-refractivity contribution in [2.75, 3.05) is 14.2 Å². The monoisotopic (exact) mass is 341 g/mol. The van der Waals surface area contributed by atoms with Crippen LogP contribution in [0.25, 0.3) is 0 Å². The topological polar surface area (TPSA) is 92.5 Å². The van der Waals surface area contributed by atoms with Crippen molar-refractivity contribution >= 4 is 17.8 Å². The number of carbonyl (C=O) groups is 1. The lowest BCUT2D eigenvalue weighted by molar-refractivity contribution is -0.114. The van der Waals surface area contributed by atoms with Crippen LogP contribution in [-0.2, 0) is 21.1 Å². The second-order valence-electron chi connectivity index (χ2n) is 4.93. The van der Waals surface area contributed by atoms with Crippen molar-refractivity contribution in [1.29, 1.82) is 0 Å². The Morgan fingerprint density at radius 2 is 1.92 bits per heavy atom. The number of nitrogens with zero attached hydrogens (tertiary/aromatic N) is 2. The molecule has 0 bridgehead atoms. The Morgan fingerprint density at radius 1 is 1.20 bits per heavy atom. The van der Waals surface area contributed by atoms with Crippen molar-refractivity contribution in [3.8, 4) is 5.75 Å². The average Bonchev–Trinajstić information content (AvgIpc) is 2.64. The summed E-state index contributed by atoms with van der Waals surface area (Å²) >= 11 is 0. The van der Waals surface area contributed by atoms with Gasteiger partial charge in [0.2, 0.25) is 0 Å². The molecule has 0 radical (unpaired) electrons. The Kier molecular flexibility index (Phi) is 6.53. The van der Waals surface area contributed by atoms with Crippen LogP contribution in [0.1, 0.15) is 16.7 Å². The number of carbonyl (C=O) groups excluding carboxylic acids is 1. The van der Waals surface area contributed by atoms with Crippen molar-refractivity contribution in [3.63, 3.8) is 0 Å². The molecule has 25 heavy (non-hydrogen) atoms. The first-order valence-electron chi connectivity index (χ1n) is 7.52. The second-order valence-corrected chi connectivity index (χ2v) is 4.93. The Balaban J connectivity index is 2.14. The van der Waals surface area contributed by atoms with Gasteiger partial charge in [0.05, 0.1) is 6.21 Å². The van der Waals surface area contributed by atoms with Gasteiger partial charge in [-0.25, -0.2) is 0 Å². The van der Waals surface area contributed by atoms with Gasteiger partial charge in [-0.15, -0.1) is 0 Å². The molecule has 0 saturated carbocycles. The maximum absolute atomic E-state index is 12.0. The van der Waals surface area contributed by atoms with Gasteiger partial charge in [-0.1, -0.05) is 46.7 Å². The van der Waals surface area contributed by atoms with E-state index < -0.39 is 0 Å². The lowest BCUT2D eigenvalue weighted by Crippen LogP contribution is -2.29. The summed E-state index contributed by atoms with van der Waals surface area (Å²) in [5.74, 6) is -0.253. The van der Waals surface area contributed by atoms with Crippen molar-refractivity contribution in [2.24, 2.45) is 10.3 Å². The van der Waals surface area contributed by atoms with Crippen LogP contribution >= 0.6 is 0 Å². The molecule has 7 nitrogen and oxygen atoms in total. The Bertz CT molecular complexity index is 787. The Labute approximate surface area is 145 Å². The molecule has 0 atom stereocenters. The van der Waals surface area contributed by atoms with Crippen LogP contribution in [0.5, 0.6) is 5.75 Å². The molecule has 130 valence electrons. The number of amides is 1. The summed E-state index contributed by atoms with van der Waals surface area (Å²) in [5.41, 5.74) is 1.99. The van der Waals surface area contributed by atoms with Crippen molar-refractivity contribution < 1.29 is 19.6 Å². The third kappa shape index (κ3) is 4.81. The van der Waals surface area contributed by atoms with Crippen LogP contribution in [-0.4, -0.2) is 37.1 Å². The van der Waals surface area contributed by atoms with Crippen LogP contribution in [0.3, 0.4) is 0 Å². The molecule has 0 aliphatic rings. The highest BCUT2D eigenvalue weighted by molar-refractivity contribution is 6.45. The minimum absolute atomic E-state index is 0.115. The molecule has 0 spiro atoms. The number of nitrogens with one attached hydrogen (secondary N) is 1. The molecule has 0 saturated heterocycles. The number of aromatic hydroxyl groups is 1. The molecule has 0 aliphatic carbocycles. The van der Waals surface area contributed by atoms with Crippen LogP contribution in [0.15, 0.2) is 58.8 Å². The van der Waals surface area contributed by atoms with Gasteiger partial charge in [0.25, 0.3) is 5.91 Å². The van der Waals surface area contributed by atoms with E-state index in [-0.39, 0.29) is 24.0 Å². The van der Waals surface area contributed by atoms with E-state index >= 15 is 0 Å². The van der Waals surface area contributed by atoms with E-state index in [2.05, 4.69) is 15.6 Å². The highest BCUT2D eigenvalue weighted by atomic mass is 16.6. The summed E-state index contributed by atoms with van der Waals surface area (Å²) in [4.78, 5) is 22.0. The number of benzene rings is 2. The molecule has 2 aromatic carbocycles. The van der Waals surface area contributed by atoms with Crippen LogP contribution in [0, 0.1) is 0 Å². The fraction of sp³-hybridized carbons (Fsp3) is 0.167. The minimum Gasteiger partial charge on any atom is -0.507 e. The average molecular weight is 341 g/mol. The van der Waals surface area contributed by atoms with Gasteiger partial charge in [-0.3, -0.25) is 4.79 Å². The van der Waals surface area contributed by atoms with E-state index in [1.165, 1.54) is 20.4 Å². The zero-order valence-electron chi connectivity index (χ0n) is 14.0.